The lowest BCUT2D eigenvalue weighted by Crippen LogP contribution is -2.20. The Morgan fingerprint density at radius 2 is 2.00 bits per heavy atom. The Kier molecular flexibility index (Phi) is 2.37. The molecule has 0 N–H and O–H groups in total. The highest BCUT2D eigenvalue weighted by Gasteiger charge is 2.22. The summed E-state index contributed by atoms with van der Waals surface area (Å²) in [5, 5.41) is 3.00. The van der Waals surface area contributed by atoms with Crippen molar-refractivity contribution in [1.82, 2.24) is 0 Å². The fourth-order valence-corrected chi connectivity index (χ4v) is 0.196. The van der Waals surface area contributed by atoms with Gasteiger partial charge in [0.25, 0.3) is 0 Å². The second-order valence-electron chi connectivity index (χ2n) is 2.76. The summed E-state index contributed by atoms with van der Waals surface area (Å²) in [6, 6.07) is 0. The third-order valence-corrected chi connectivity index (χ3v) is 0.760. The quantitative estimate of drug-likeness (QED) is 0.303. The summed E-state index contributed by atoms with van der Waals surface area (Å²) in [6.07, 6.45) is 0. The topological polar surface area (TPSA) is 38.7 Å². The molecule has 9 heavy (non-hydrogen) atoms. The van der Waals surface area contributed by atoms with Gasteiger partial charge in [-0.05, 0) is 20.8 Å². The normalized spacial score (nSPS) is 10.6. The Labute approximate surface area is 54.7 Å². The first-order valence-corrected chi connectivity index (χ1v) is 2.66. The van der Waals surface area contributed by atoms with Crippen LogP contribution in [0.5, 0.6) is 0 Å². The van der Waals surface area contributed by atoms with Crippen molar-refractivity contribution in [3.63, 3.8) is 0 Å². The van der Waals surface area contributed by atoms with Gasteiger partial charge in [0.1, 0.15) is 0 Å². The van der Waals surface area contributed by atoms with E-state index in [1.165, 1.54) is 0 Å². The van der Waals surface area contributed by atoms with E-state index in [1.807, 2.05) is 0 Å². The molecule has 0 aromatic rings. The van der Waals surface area contributed by atoms with Crippen LogP contribution in [-0.4, -0.2) is 12.7 Å². The van der Waals surface area contributed by atoms with E-state index in [0.717, 1.165) is 0 Å². The summed E-state index contributed by atoms with van der Waals surface area (Å²) in [5.74, 6) is -0.363. The Bertz CT molecular complexity index is 124. The molecule has 52 valence electrons. The maximum absolute atomic E-state index is 10.7. The van der Waals surface area contributed by atoms with Crippen LogP contribution in [0.4, 0.5) is 0 Å². The maximum Gasteiger partial charge on any atom is 0.340 e. The zero-order valence-electron chi connectivity index (χ0n) is 5.97. The first kappa shape index (κ1) is 8.14. The van der Waals surface area contributed by atoms with E-state index in [0.29, 0.717) is 0 Å². The van der Waals surface area contributed by atoms with Crippen molar-refractivity contribution in [2.75, 3.05) is 0 Å². The summed E-state index contributed by atoms with van der Waals surface area (Å²) in [7, 11) is 0. The SMILES string of the molecule is C=NOC(=O)C(C)(C)C. The number of rotatable bonds is 1. The van der Waals surface area contributed by atoms with Gasteiger partial charge in [-0.3, -0.25) is 0 Å². The minimum absolute atomic E-state index is 0.363. The smallest absolute Gasteiger partial charge is 0.318 e. The van der Waals surface area contributed by atoms with Crippen molar-refractivity contribution in [2.45, 2.75) is 20.8 Å². The van der Waals surface area contributed by atoms with Crippen LogP contribution in [0.2, 0.25) is 0 Å². The second-order valence-corrected chi connectivity index (χ2v) is 2.76. The van der Waals surface area contributed by atoms with Crippen molar-refractivity contribution < 1.29 is 9.63 Å². The molecule has 0 aromatic carbocycles. The van der Waals surface area contributed by atoms with Crippen molar-refractivity contribution in [3.8, 4) is 0 Å². The molecule has 0 aromatic heterocycles. The summed E-state index contributed by atoms with van der Waals surface area (Å²) < 4.78 is 0. The molecule has 0 atom stereocenters. The molecule has 0 rings (SSSR count). The van der Waals surface area contributed by atoms with Crippen LogP contribution in [0.3, 0.4) is 0 Å². The van der Waals surface area contributed by atoms with Crippen molar-refractivity contribution in [2.24, 2.45) is 10.6 Å². The zero-order valence-corrected chi connectivity index (χ0v) is 5.97. The molecule has 0 bridgehead atoms. The van der Waals surface area contributed by atoms with Gasteiger partial charge in [0.15, 0.2) is 0 Å². The van der Waals surface area contributed by atoms with Gasteiger partial charge in [0.05, 0.1) is 5.41 Å². The summed E-state index contributed by atoms with van der Waals surface area (Å²) in [4.78, 5) is 15.0. The summed E-state index contributed by atoms with van der Waals surface area (Å²) in [6.45, 7) is 8.27. The summed E-state index contributed by atoms with van der Waals surface area (Å²) >= 11 is 0. The fraction of sp³-hybridized carbons (Fsp3) is 0.667. The van der Waals surface area contributed by atoms with E-state index in [1.54, 1.807) is 20.8 Å². The zero-order chi connectivity index (χ0) is 7.49. The minimum Gasteiger partial charge on any atom is -0.318 e. The second kappa shape index (κ2) is 2.62. The molecule has 0 saturated heterocycles. The first-order valence-electron chi connectivity index (χ1n) is 2.66. The van der Waals surface area contributed by atoms with Gasteiger partial charge in [-0.25, -0.2) is 4.79 Å². The molecule has 0 aliphatic carbocycles. The monoisotopic (exact) mass is 129 g/mol. The van der Waals surface area contributed by atoms with Crippen LogP contribution in [-0.2, 0) is 9.63 Å². The van der Waals surface area contributed by atoms with Crippen molar-refractivity contribution >= 4 is 12.7 Å². The average molecular weight is 129 g/mol. The third-order valence-electron chi connectivity index (χ3n) is 0.760. The molecule has 0 spiro atoms. The first-order chi connectivity index (χ1) is 3.98. The number of hydrogen-bond acceptors (Lipinski definition) is 3. The van der Waals surface area contributed by atoms with Gasteiger partial charge < -0.3 is 4.84 Å². The largest absolute Gasteiger partial charge is 0.340 e. The van der Waals surface area contributed by atoms with Crippen LogP contribution >= 0.6 is 0 Å². The third kappa shape index (κ3) is 2.85. The summed E-state index contributed by atoms with van der Waals surface area (Å²) in [5.41, 5.74) is -0.485. The average Bonchev–Trinajstić information content (AvgIpc) is 1.64. The van der Waals surface area contributed by atoms with Gasteiger partial charge in [0.2, 0.25) is 0 Å². The standard InChI is InChI=1S/C6H11NO2/c1-6(2,3)5(8)9-7-4/h4H2,1-3H3. The van der Waals surface area contributed by atoms with Crippen LogP contribution in [0.1, 0.15) is 20.8 Å². The number of hydrogen-bond donors (Lipinski definition) is 0. The highest BCUT2D eigenvalue weighted by Crippen LogP contribution is 2.14. The van der Waals surface area contributed by atoms with Gasteiger partial charge >= 0.3 is 5.97 Å². The molecule has 0 unspecified atom stereocenters. The number of oxime groups is 1. The minimum atomic E-state index is -0.485. The van der Waals surface area contributed by atoms with Crippen LogP contribution in [0.15, 0.2) is 5.16 Å². The van der Waals surface area contributed by atoms with Gasteiger partial charge in [0, 0.05) is 6.72 Å². The van der Waals surface area contributed by atoms with Gasteiger partial charge in [-0.2, -0.15) is 0 Å². The lowest BCUT2D eigenvalue weighted by Gasteiger charge is -2.11. The van der Waals surface area contributed by atoms with Gasteiger partial charge in [-0.15, -0.1) is 0 Å². The molecule has 0 amide bonds. The number of carbonyl (C=O) groups excluding carboxylic acids is 1. The molecular weight excluding hydrogens is 118 g/mol. The Hall–Kier alpha value is -0.860. The predicted molar refractivity (Wildman–Crippen MR) is 35.1 cm³/mol. The van der Waals surface area contributed by atoms with Crippen molar-refractivity contribution in [3.05, 3.63) is 0 Å². The lowest BCUT2D eigenvalue weighted by molar-refractivity contribution is -0.152. The highest BCUT2D eigenvalue weighted by atomic mass is 16.7. The van der Waals surface area contributed by atoms with E-state index in [2.05, 4.69) is 16.7 Å². The van der Waals surface area contributed by atoms with E-state index >= 15 is 0 Å². The molecule has 0 saturated carbocycles. The van der Waals surface area contributed by atoms with Crippen LogP contribution < -0.4 is 0 Å². The Balaban J connectivity index is 3.88. The molecule has 3 heteroatoms. The fourth-order valence-electron chi connectivity index (χ4n) is 0.196. The van der Waals surface area contributed by atoms with Crippen molar-refractivity contribution in [1.29, 1.82) is 0 Å². The molecule has 3 nitrogen and oxygen atoms in total. The predicted octanol–water partition coefficient (Wildman–Crippen LogP) is 1.19. The van der Waals surface area contributed by atoms with Crippen LogP contribution in [0, 0.1) is 5.41 Å². The molecule has 0 fully saturated rings. The van der Waals surface area contributed by atoms with E-state index in [9.17, 15) is 4.79 Å². The molecule has 0 aliphatic rings. The van der Waals surface area contributed by atoms with E-state index in [4.69, 9.17) is 0 Å². The Morgan fingerprint density at radius 3 is 2.11 bits per heavy atom. The highest BCUT2D eigenvalue weighted by molar-refractivity contribution is 5.75. The lowest BCUT2D eigenvalue weighted by atomic mass is 9.98. The van der Waals surface area contributed by atoms with Crippen LogP contribution in [0.25, 0.3) is 0 Å². The molecule has 0 heterocycles. The number of carbonyl (C=O) groups is 1. The Morgan fingerprint density at radius 1 is 1.56 bits per heavy atom. The number of nitrogens with zero attached hydrogens (tertiary/aromatic N) is 1. The molecule has 0 aliphatic heterocycles. The molecule has 0 radical (unpaired) electrons. The van der Waals surface area contributed by atoms with E-state index < -0.39 is 5.41 Å². The van der Waals surface area contributed by atoms with E-state index in [-0.39, 0.29) is 5.97 Å². The molecular formula is C6H11NO2. The maximum atomic E-state index is 10.7. The van der Waals surface area contributed by atoms with Gasteiger partial charge in [-0.1, -0.05) is 5.16 Å².